The summed E-state index contributed by atoms with van der Waals surface area (Å²) in [5.74, 6) is -0.120. The lowest BCUT2D eigenvalue weighted by Crippen LogP contribution is -2.23. The number of para-hydroxylation sites is 1. The number of hydrogen-bond donors (Lipinski definition) is 1. The smallest absolute Gasteiger partial charge is 0.254 e. The zero-order valence-electron chi connectivity index (χ0n) is 17.7. The molecule has 0 saturated heterocycles. The molecule has 29 heavy (non-hydrogen) atoms. The maximum Gasteiger partial charge on any atom is 0.254 e. The monoisotopic (exact) mass is 392 g/mol. The van der Waals surface area contributed by atoms with Crippen LogP contribution in [0.5, 0.6) is 5.75 Å². The van der Waals surface area contributed by atoms with E-state index >= 15 is 0 Å². The summed E-state index contributed by atoms with van der Waals surface area (Å²) in [7, 11) is 3.32. The minimum absolute atomic E-state index is 0.0505. The number of aryl methyl sites for hydroxylation is 1. The van der Waals surface area contributed by atoms with Gasteiger partial charge in [-0.3, -0.25) is 9.59 Å². The molecule has 2 aromatic carbocycles. The molecule has 0 atom stereocenters. The van der Waals surface area contributed by atoms with Gasteiger partial charge in [0.25, 0.3) is 5.91 Å². The fourth-order valence-electron chi connectivity index (χ4n) is 2.84. The van der Waals surface area contributed by atoms with Crippen LogP contribution in [0, 0.1) is 6.92 Å². The second-order valence-corrected chi connectivity index (χ2v) is 7.03. The lowest BCUT2D eigenvalue weighted by atomic mass is 10.00. The quantitative estimate of drug-likeness (QED) is 0.414. The van der Waals surface area contributed by atoms with Crippen LogP contribution in [-0.4, -0.2) is 31.9 Å². The first-order valence-corrected chi connectivity index (χ1v) is 9.47. The van der Waals surface area contributed by atoms with E-state index < -0.39 is 11.7 Å². The van der Waals surface area contributed by atoms with Crippen molar-refractivity contribution in [3.05, 3.63) is 72.5 Å². The van der Waals surface area contributed by atoms with Crippen LogP contribution in [0.2, 0.25) is 0 Å². The van der Waals surface area contributed by atoms with Gasteiger partial charge in [-0.25, -0.2) is 0 Å². The molecule has 5 heteroatoms. The number of carbonyl (C=O) groups is 2. The van der Waals surface area contributed by atoms with E-state index in [1.54, 1.807) is 6.20 Å². The second kappa shape index (κ2) is 9.73. The van der Waals surface area contributed by atoms with Crippen LogP contribution >= 0.6 is 0 Å². The largest absolute Gasteiger partial charge is 0.490 e. The van der Waals surface area contributed by atoms with Gasteiger partial charge in [-0.15, -0.1) is 0 Å². The molecule has 0 unspecified atom stereocenters. The number of carbonyl (C=O) groups excluding carboxylic acids is 2. The van der Waals surface area contributed by atoms with E-state index in [0.29, 0.717) is 0 Å². The van der Waals surface area contributed by atoms with Crippen molar-refractivity contribution in [2.45, 2.75) is 26.9 Å². The van der Waals surface area contributed by atoms with Gasteiger partial charge >= 0.3 is 0 Å². The number of ether oxygens (including phenoxy) is 1. The predicted octanol–water partition coefficient (Wildman–Crippen LogP) is 4.27. The summed E-state index contributed by atoms with van der Waals surface area (Å²) in [5, 5.41) is 2.40. The molecule has 0 aliphatic heterocycles. The molecular weight excluding hydrogens is 364 g/mol. The maximum atomic E-state index is 12.2. The first-order chi connectivity index (χ1) is 13.7. The van der Waals surface area contributed by atoms with E-state index in [1.807, 2.05) is 69.1 Å². The molecule has 152 valence electrons. The van der Waals surface area contributed by atoms with Crippen LogP contribution in [0.15, 0.2) is 66.9 Å². The maximum absolute atomic E-state index is 12.2. The zero-order chi connectivity index (χ0) is 21.6. The van der Waals surface area contributed by atoms with Gasteiger partial charge in [0.1, 0.15) is 5.75 Å². The van der Waals surface area contributed by atoms with E-state index in [4.69, 9.17) is 4.74 Å². The minimum atomic E-state index is -0.488. The van der Waals surface area contributed by atoms with Gasteiger partial charge in [0.2, 0.25) is 0 Å². The number of anilines is 1. The van der Waals surface area contributed by atoms with Crippen LogP contribution in [-0.2, 0) is 9.59 Å². The summed E-state index contributed by atoms with van der Waals surface area (Å²) in [4.78, 5) is 25.6. The van der Waals surface area contributed by atoms with Crippen molar-refractivity contribution in [1.29, 1.82) is 0 Å². The Morgan fingerprint density at radius 3 is 2.48 bits per heavy atom. The zero-order valence-corrected chi connectivity index (χ0v) is 17.7. The molecule has 5 nitrogen and oxygen atoms in total. The van der Waals surface area contributed by atoms with Crippen molar-refractivity contribution in [3.8, 4) is 16.9 Å². The Balaban J connectivity index is 2.40. The summed E-state index contributed by atoms with van der Waals surface area (Å²) in [5.41, 5.74) is 3.89. The van der Waals surface area contributed by atoms with Gasteiger partial charge in [-0.05, 0) is 39.0 Å². The van der Waals surface area contributed by atoms with Crippen LogP contribution in [0.1, 0.15) is 19.4 Å². The van der Waals surface area contributed by atoms with Crippen LogP contribution < -0.4 is 15.0 Å². The molecule has 2 rings (SSSR count). The molecule has 0 heterocycles. The summed E-state index contributed by atoms with van der Waals surface area (Å²) in [6, 6.07) is 14.0. The molecule has 1 N–H and O–H groups in total. The van der Waals surface area contributed by atoms with Crippen molar-refractivity contribution in [1.82, 2.24) is 5.32 Å². The van der Waals surface area contributed by atoms with Gasteiger partial charge in [0.15, 0.2) is 5.78 Å². The lowest BCUT2D eigenvalue weighted by molar-refractivity contribution is -0.120. The van der Waals surface area contributed by atoms with E-state index in [1.165, 1.54) is 13.1 Å². The second-order valence-electron chi connectivity index (χ2n) is 7.03. The van der Waals surface area contributed by atoms with Gasteiger partial charge in [0, 0.05) is 43.2 Å². The fourth-order valence-corrected chi connectivity index (χ4v) is 2.84. The van der Waals surface area contributed by atoms with Gasteiger partial charge in [-0.1, -0.05) is 36.4 Å². The average Bonchev–Trinajstić information content (AvgIpc) is 2.71. The van der Waals surface area contributed by atoms with E-state index in [2.05, 4.69) is 18.0 Å². The highest BCUT2D eigenvalue weighted by atomic mass is 16.5. The molecule has 0 saturated carbocycles. The number of likely N-dealkylation sites (N-methyl/N-ethyl adjacent to an activating group) is 1. The SMILES string of the molecule is C=C(C(=O)/C=C\N(C)c1ccccc1-c1cc(C)ccc1OC(C)C)C(=O)NC. The van der Waals surface area contributed by atoms with Crippen molar-refractivity contribution in [3.63, 3.8) is 0 Å². The van der Waals surface area contributed by atoms with Crippen molar-refractivity contribution in [2.24, 2.45) is 0 Å². The number of amides is 1. The Kier molecular flexibility index (Phi) is 7.37. The number of nitrogens with zero attached hydrogens (tertiary/aromatic N) is 1. The molecule has 0 spiro atoms. The Hall–Kier alpha value is -3.34. The minimum Gasteiger partial charge on any atom is -0.490 e. The molecule has 1 amide bonds. The molecule has 0 bridgehead atoms. The number of rotatable bonds is 8. The predicted molar refractivity (Wildman–Crippen MR) is 118 cm³/mol. The number of benzene rings is 2. The molecule has 0 aliphatic carbocycles. The van der Waals surface area contributed by atoms with Crippen LogP contribution in [0.4, 0.5) is 5.69 Å². The van der Waals surface area contributed by atoms with E-state index in [9.17, 15) is 9.59 Å². The Labute approximate surface area is 172 Å². The van der Waals surface area contributed by atoms with Crippen molar-refractivity contribution < 1.29 is 14.3 Å². The first kappa shape index (κ1) is 22.0. The molecular formula is C24H28N2O3. The standard InChI is InChI=1S/C24H28N2O3/c1-16(2)29-23-12-11-17(3)15-20(23)19-9-7-8-10-21(19)26(6)14-13-22(27)18(4)24(28)25-5/h7-16H,4H2,1-3,5-6H3,(H,25,28)/b14-13-. The molecule has 0 fully saturated rings. The van der Waals surface area contributed by atoms with E-state index in [-0.39, 0.29) is 11.7 Å². The van der Waals surface area contributed by atoms with Crippen LogP contribution in [0.3, 0.4) is 0 Å². The van der Waals surface area contributed by atoms with Crippen molar-refractivity contribution in [2.75, 3.05) is 19.0 Å². The van der Waals surface area contributed by atoms with Crippen LogP contribution in [0.25, 0.3) is 11.1 Å². The molecule has 2 aromatic rings. The normalized spacial score (nSPS) is 10.8. The fraction of sp³-hybridized carbons (Fsp3) is 0.250. The highest BCUT2D eigenvalue weighted by Crippen LogP contribution is 2.37. The van der Waals surface area contributed by atoms with Gasteiger partial charge in [0.05, 0.1) is 11.7 Å². The van der Waals surface area contributed by atoms with Gasteiger partial charge in [-0.2, -0.15) is 0 Å². The lowest BCUT2D eigenvalue weighted by Gasteiger charge is -2.21. The summed E-state index contributed by atoms with van der Waals surface area (Å²) in [6.07, 6.45) is 3.03. The highest BCUT2D eigenvalue weighted by molar-refractivity contribution is 6.22. The number of ketones is 1. The average molecular weight is 392 g/mol. The highest BCUT2D eigenvalue weighted by Gasteiger charge is 2.15. The topological polar surface area (TPSA) is 58.6 Å². The molecule has 0 aromatic heterocycles. The number of nitrogens with one attached hydrogen (secondary N) is 1. The summed E-state index contributed by atoms with van der Waals surface area (Å²) >= 11 is 0. The summed E-state index contributed by atoms with van der Waals surface area (Å²) in [6.45, 7) is 9.57. The van der Waals surface area contributed by atoms with E-state index in [0.717, 1.165) is 28.1 Å². The first-order valence-electron chi connectivity index (χ1n) is 9.47. The number of hydrogen-bond acceptors (Lipinski definition) is 4. The Bertz CT molecular complexity index is 945. The molecule has 0 radical (unpaired) electrons. The summed E-state index contributed by atoms with van der Waals surface area (Å²) < 4.78 is 6.01. The Morgan fingerprint density at radius 1 is 1.14 bits per heavy atom. The van der Waals surface area contributed by atoms with Gasteiger partial charge < -0.3 is 15.0 Å². The number of allylic oxidation sites excluding steroid dienone is 1. The third kappa shape index (κ3) is 5.57. The third-order valence-electron chi connectivity index (χ3n) is 4.32. The Morgan fingerprint density at radius 2 is 1.83 bits per heavy atom. The third-order valence-corrected chi connectivity index (χ3v) is 4.32. The van der Waals surface area contributed by atoms with Crippen molar-refractivity contribution >= 4 is 17.4 Å². The molecule has 0 aliphatic rings.